The van der Waals surface area contributed by atoms with Crippen molar-refractivity contribution in [3.05, 3.63) is 35.4 Å². The van der Waals surface area contributed by atoms with Crippen molar-refractivity contribution in [2.45, 2.75) is 51.9 Å². The van der Waals surface area contributed by atoms with Gasteiger partial charge in [-0.2, -0.15) is 0 Å². The Morgan fingerprint density at radius 1 is 1.22 bits per heavy atom. The molecule has 0 radical (unpaired) electrons. The van der Waals surface area contributed by atoms with Crippen molar-refractivity contribution in [1.82, 2.24) is 5.32 Å². The average Bonchev–Trinajstić information content (AvgIpc) is 3.11. The van der Waals surface area contributed by atoms with Gasteiger partial charge in [0.2, 0.25) is 0 Å². The first-order valence-corrected chi connectivity index (χ1v) is 7.45. The number of rotatable bonds is 6. The summed E-state index contributed by atoms with van der Waals surface area (Å²) in [6.07, 6.45) is 2.66. The summed E-state index contributed by atoms with van der Waals surface area (Å²) in [5.41, 5.74) is 3.42. The minimum atomic E-state index is 0.431. The second kappa shape index (κ2) is 5.44. The Morgan fingerprint density at radius 2 is 1.89 bits per heavy atom. The van der Waals surface area contributed by atoms with Gasteiger partial charge in [-0.1, -0.05) is 58.4 Å². The number of benzene rings is 1. The van der Waals surface area contributed by atoms with Crippen LogP contribution in [-0.4, -0.2) is 13.1 Å². The number of hydrogen-bond donors (Lipinski definition) is 1. The molecule has 0 amide bonds. The van der Waals surface area contributed by atoms with Crippen LogP contribution in [0.4, 0.5) is 0 Å². The van der Waals surface area contributed by atoms with Gasteiger partial charge in [-0.3, -0.25) is 0 Å². The van der Waals surface area contributed by atoms with E-state index < -0.39 is 0 Å². The van der Waals surface area contributed by atoms with Gasteiger partial charge in [-0.25, -0.2) is 0 Å². The molecule has 1 aliphatic rings. The molecule has 1 fully saturated rings. The normalized spacial score (nSPS) is 26.6. The summed E-state index contributed by atoms with van der Waals surface area (Å²) in [5.74, 6) is 1.51. The predicted molar refractivity (Wildman–Crippen MR) is 79.2 cm³/mol. The van der Waals surface area contributed by atoms with Crippen LogP contribution in [0.15, 0.2) is 24.3 Å². The SMILES string of the molecule is CCNCC1(c2ccc(C(C)C)cc2)CC1CC. The number of likely N-dealkylation sites (N-methyl/N-ethyl adjacent to an activating group) is 1. The third-order valence-electron chi connectivity index (χ3n) is 4.57. The summed E-state index contributed by atoms with van der Waals surface area (Å²) in [6.45, 7) is 11.2. The molecule has 100 valence electrons. The molecule has 18 heavy (non-hydrogen) atoms. The van der Waals surface area contributed by atoms with Crippen molar-refractivity contribution in [2.75, 3.05) is 13.1 Å². The van der Waals surface area contributed by atoms with E-state index in [1.165, 1.54) is 18.4 Å². The summed E-state index contributed by atoms with van der Waals surface area (Å²) in [5, 5.41) is 3.55. The van der Waals surface area contributed by atoms with Crippen LogP contribution in [0.3, 0.4) is 0 Å². The smallest absolute Gasteiger partial charge is 0.0109 e. The van der Waals surface area contributed by atoms with Crippen LogP contribution in [0.5, 0.6) is 0 Å². The van der Waals surface area contributed by atoms with Crippen LogP contribution in [0.2, 0.25) is 0 Å². The first-order chi connectivity index (χ1) is 8.64. The van der Waals surface area contributed by atoms with E-state index >= 15 is 0 Å². The van der Waals surface area contributed by atoms with Gasteiger partial charge in [-0.05, 0) is 35.9 Å². The third-order valence-corrected chi connectivity index (χ3v) is 4.57. The zero-order valence-corrected chi connectivity index (χ0v) is 12.3. The monoisotopic (exact) mass is 245 g/mol. The second-order valence-electron chi connectivity index (χ2n) is 6.02. The molecule has 1 N–H and O–H groups in total. The fourth-order valence-electron chi connectivity index (χ4n) is 3.14. The largest absolute Gasteiger partial charge is 0.316 e. The molecule has 0 heterocycles. The molecule has 0 spiro atoms. The third kappa shape index (κ3) is 2.47. The maximum Gasteiger partial charge on any atom is 0.0109 e. The van der Waals surface area contributed by atoms with Gasteiger partial charge in [0.25, 0.3) is 0 Å². The van der Waals surface area contributed by atoms with E-state index in [1.807, 2.05) is 0 Å². The summed E-state index contributed by atoms with van der Waals surface area (Å²) in [7, 11) is 0. The Morgan fingerprint density at radius 3 is 2.33 bits per heavy atom. The lowest BCUT2D eigenvalue weighted by Gasteiger charge is -2.19. The summed E-state index contributed by atoms with van der Waals surface area (Å²) in [6, 6.07) is 9.36. The van der Waals surface area contributed by atoms with E-state index in [0.717, 1.165) is 19.0 Å². The molecule has 1 aromatic rings. The molecule has 0 bridgehead atoms. The van der Waals surface area contributed by atoms with Crippen LogP contribution >= 0.6 is 0 Å². The van der Waals surface area contributed by atoms with Gasteiger partial charge in [0, 0.05) is 12.0 Å². The Hall–Kier alpha value is -0.820. The highest BCUT2D eigenvalue weighted by atomic mass is 14.9. The van der Waals surface area contributed by atoms with Crippen molar-refractivity contribution in [1.29, 1.82) is 0 Å². The van der Waals surface area contributed by atoms with E-state index in [-0.39, 0.29) is 0 Å². The molecule has 2 atom stereocenters. The van der Waals surface area contributed by atoms with Gasteiger partial charge < -0.3 is 5.32 Å². The molecule has 1 heteroatoms. The average molecular weight is 245 g/mol. The van der Waals surface area contributed by atoms with Gasteiger partial charge in [0.1, 0.15) is 0 Å². The zero-order valence-electron chi connectivity index (χ0n) is 12.3. The Labute approximate surface area is 112 Å². The maximum atomic E-state index is 3.55. The van der Waals surface area contributed by atoms with Crippen LogP contribution in [-0.2, 0) is 5.41 Å². The van der Waals surface area contributed by atoms with Crippen molar-refractivity contribution in [3.8, 4) is 0 Å². The number of nitrogens with one attached hydrogen (secondary N) is 1. The fraction of sp³-hybridized carbons (Fsp3) is 0.647. The van der Waals surface area contributed by atoms with Gasteiger partial charge in [-0.15, -0.1) is 0 Å². The molecular formula is C17H27N. The lowest BCUT2D eigenvalue weighted by molar-refractivity contribution is 0.534. The van der Waals surface area contributed by atoms with Crippen molar-refractivity contribution in [3.63, 3.8) is 0 Å². The summed E-state index contributed by atoms with van der Waals surface area (Å²) >= 11 is 0. The van der Waals surface area contributed by atoms with Crippen molar-refractivity contribution < 1.29 is 0 Å². The topological polar surface area (TPSA) is 12.0 Å². The standard InChI is InChI=1S/C17H27N/c1-5-15-11-17(15,12-18-6-2)16-9-7-14(8-10-16)13(3)4/h7-10,13,15,18H,5-6,11-12H2,1-4H3. The van der Waals surface area contributed by atoms with Crippen LogP contribution in [0.25, 0.3) is 0 Å². The van der Waals surface area contributed by atoms with E-state index in [0.29, 0.717) is 11.3 Å². The molecule has 1 aromatic carbocycles. The second-order valence-corrected chi connectivity index (χ2v) is 6.02. The van der Waals surface area contributed by atoms with Gasteiger partial charge in [0.15, 0.2) is 0 Å². The van der Waals surface area contributed by atoms with E-state index in [2.05, 4.69) is 57.3 Å². The lowest BCUT2D eigenvalue weighted by atomic mass is 9.90. The number of hydrogen-bond acceptors (Lipinski definition) is 1. The van der Waals surface area contributed by atoms with Gasteiger partial charge in [0.05, 0.1) is 0 Å². The quantitative estimate of drug-likeness (QED) is 0.796. The van der Waals surface area contributed by atoms with E-state index in [4.69, 9.17) is 0 Å². The van der Waals surface area contributed by atoms with E-state index in [9.17, 15) is 0 Å². The molecule has 1 nitrogen and oxygen atoms in total. The summed E-state index contributed by atoms with van der Waals surface area (Å²) in [4.78, 5) is 0. The summed E-state index contributed by atoms with van der Waals surface area (Å²) < 4.78 is 0. The van der Waals surface area contributed by atoms with Crippen molar-refractivity contribution >= 4 is 0 Å². The minimum absolute atomic E-state index is 0.431. The molecular weight excluding hydrogens is 218 g/mol. The zero-order chi connectivity index (χ0) is 13.2. The van der Waals surface area contributed by atoms with Crippen LogP contribution < -0.4 is 5.32 Å². The Bertz CT molecular complexity index is 379. The molecule has 1 saturated carbocycles. The molecule has 2 unspecified atom stereocenters. The molecule has 0 saturated heterocycles. The first kappa shape index (κ1) is 13.6. The van der Waals surface area contributed by atoms with E-state index in [1.54, 1.807) is 5.56 Å². The Balaban J connectivity index is 2.17. The molecule has 0 aliphatic heterocycles. The highest BCUT2D eigenvalue weighted by Gasteiger charge is 2.53. The van der Waals surface area contributed by atoms with Gasteiger partial charge >= 0.3 is 0 Å². The van der Waals surface area contributed by atoms with Crippen LogP contribution in [0.1, 0.15) is 57.6 Å². The highest BCUT2D eigenvalue weighted by Crippen LogP contribution is 2.55. The van der Waals surface area contributed by atoms with Crippen LogP contribution in [0, 0.1) is 5.92 Å². The molecule has 0 aromatic heterocycles. The predicted octanol–water partition coefficient (Wildman–Crippen LogP) is 4.09. The fourth-order valence-corrected chi connectivity index (χ4v) is 3.14. The first-order valence-electron chi connectivity index (χ1n) is 7.45. The maximum absolute atomic E-state index is 3.55. The van der Waals surface area contributed by atoms with Crippen molar-refractivity contribution in [2.24, 2.45) is 5.92 Å². The molecule has 1 aliphatic carbocycles. The lowest BCUT2D eigenvalue weighted by Crippen LogP contribution is -2.28. The minimum Gasteiger partial charge on any atom is -0.316 e. The highest BCUT2D eigenvalue weighted by molar-refractivity contribution is 5.37. The Kier molecular flexibility index (Phi) is 4.11. The molecule has 2 rings (SSSR count).